The van der Waals surface area contributed by atoms with Gasteiger partial charge in [-0.3, -0.25) is 0 Å². The topological polar surface area (TPSA) is 90.9 Å². The van der Waals surface area contributed by atoms with Gasteiger partial charge in [-0.15, -0.1) is 0 Å². The normalized spacial score (nSPS) is 11.9. The summed E-state index contributed by atoms with van der Waals surface area (Å²) in [5, 5.41) is 13.1. The molecule has 0 saturated heterocycles. The summed E-state index contributed by atoms with van der Waals surface area (Å²) in [5.74, 6) is 0. The second-order valence-corrected chi connectivity index (χ2v) is 3.48. The summed E-state index contributed by atoms with van der Waals surface area (Å²) in [6, 6.07) is 0. The van der Waals surface area contributed by atoms with E-state index in [2.05, 4.69) is 10.2 Å². The Morgan fingerprint density at radius 3 is 2.15 bits per heavy atom. The van der Waals surface area contributed by atoms with Crippen LogP contribution >= 0.6 is 0 Å². The minimum absolute atomic E-state index is 0.0654. The SMILES string of the molecule is CC(C)(CCO)n1c(=O)[nH][nH]c1=O. The highest BCUT2D eigenvalue weighted by atomic mass is 16.3. The predicted molar refractivity (Wildman–Crippen MR) is 46.7 cm³/mol. The Kier molecular flexibility index (Phi) is 2.42. The van der Waals surface area contributed by atoms with Crippen molar-refractivity contribution < 1.29 is 5.11 Å². The monoisotopic (exact) mass is 187 g/mol. The molecule has 0 amide bonds. The van der Waals surface area contributed by atoms with Crippen LogP contribution in [0.15, 0.2) is 9.59 Å². The predicted octanol–water partition coefficient (Wildman–Crippen LogP) is -1.02. The Morgan fingerprint density at radius 1 is 1.31 bits per heavy atom. The van der Waals surface area contributed by atoms with Gasteiger partial charge in [0, 0.05) is 6.61 Å². The lowest BCUT2D eigenvalue weighted by molar-refractivity contribution is 0.207. The molecule has 1 aromatic heterocycles. The van der Waals surface area contributed by atoms with Crippen molar-refractivity contribution in [1.29, 1.82) is 0 Å². The lowest BCUT2D eigenvalue weighted by Gasteiger charge is -2.22. The molecule has 0 radical (unpaired) electrons. The molecule has 0 spiro atoms. The Bertz CT molecular complexity index is 357. The smallest absolute Gasteiger partial charge is 0.344 e. The van der Waals surface area contributed by atoms with Crippen LogP contribution in [0.5, 0.6) is 0 Å². The molecular weight excluding hydrogens is 174 g/mol. The highest BCUT2D eigenvalue weighted by Crippen LogP contribution is 2.13. The van der Waals surface area contributed by atoms with E-state index in [1.165, 1.54) is 0 Å². The minimum Gasteiger partial charge on any atom is -0.396 e. The van der Waals surface area contributed by atoms with E-state index in [0.717, 1.165) is 4.57 Å². The minimum atomic E-state index is -0.667. The Morgan fingerprint density at radius 2 is 1.77 bits per heavy atom. The summed E-state index contributed by atoms with van der Waals surface area (Å²) >= 11 is 0. The highest BCUT2D eigenvalue weighted by molar-refractivity contribution is 4.81. The first-order valence-electron chi connectivity index (χ1n) is 4.00. The van der Waals surface area contributed by atoms with E-state index < -0.39 is 16.9 Å². The van der Waals surface area contributed by atoms with Crippen LogP contribution in [0.2, 0.25) is 0 Å². The Hall–Kier alpha value is -1.30. The molecule has 6 heteroatoms. The lowest BCUT2D eigenvalue weighted by atomic mass is 10.0. The molecule has 1 rings (SSSR count). The quantitative estimate of drug-likeness (QED) is 0.565. The molecule has 0 aliphatic heterocycles. The van der Waals surface area contributed by atoms with E-state index in [4.69, 9.17) is 5.11 Å². The summed E-state index contributed by atoms with van der Waals surface area (Å²) in [4.78, 5) is 22.3. The summed E-state index contributed by atoms with van der Waals surface area (Å²) in [6.45, 7) is 3.37. The summed E-state index contributed by atoms with van der Waals surface area (Å²) in [6.07, 6.45) is 0.355. The zero-order chi connectivity index (χ0) is 10.1. The number of H-pyrrole nitrogens is 2. The second kappa shape index (κ2) is 3.21. The number of aliphatic hydroxyl groups excluding tert-OH is 1. The molecule has 0 bridgehead atoms. The maximum Gasteiger partial charge on any atom is 0.344 e. The third-order valence-electron chi connectivity index (χ3n) is 2.01. The zero-order valence-corrected chi connectivity index (χ0v) is 7.63. The molecule has 13 heavy (non-hydrogen) atoms. The molecule has 0 saturated carbocycles. The van der Waals surface area contributed by atoms with Crippen molar-refractivity contribution in [3.05, 3.63) is 21.0 Å². The molecule has 0 atom stereocenters. The van der Waals surface area contributed by atoms with Gasteiger partial charge in [-0.2, -0.15) is 0 Å². The van der Waals surface area contributed by atoms with Gasteiger partial charge in [0.25, 0.3) is 0 Å². The molecule has 1 aromatic rings. The van der Waals surface area contributed by atoms with Crippen molar-refractivity contribution in [2.75, 3.05) is 6.61 Å². The fraction of sp³-hybridized carbons (Fsp3) is 0.714. The van der Waals surface area contributed by atoms with Crippen LogP contribution in [0.25, 0.3) is 0 Å². The van der Waals surface area contributed by atoms with Gasteiger partial charge in [0.1, 0.15) is 0 Å². The van der Waals surface area contributed by atoms with Gasteiger partial charge in [-0.1, -0.05) is 0 Å². The molecule has 0 aromatic carbocycles. The first kappa shape index (κ1) is 9.79. The fourth-order valence-corrected chi connectivity index (χ4v) is 1.25. The van der Waals surface area contributed by atoms with Crippen LogP contribution < -0.4 is 11.4 Å². The number of rotatable bonds is 3. The van der Waals surface area contributed by atoms with Gasteiger partial charge in [0.15, 0.2) is 0 Å². The van der Waals surface area contributed by atoms with Crippen LogP contribution in [0.1, 0.15) is 20.3 Å². The van der Waals surface area contributed by atoms with Crippen LogP contribution in [0, 0.1) is 0 Å². The molecule has 0 unspecified atom stereocenters. The van der Waals surface area contributed by atoms with E-state index >= 15 is 0 Å². The van der Waals surface area contributed by atoms with E-state index in [0.29, 0.717) is 6.42 Å². The maximum absolute atomic E-state index is 11.2. The van der Waals surface area contributed by atoms with Gasteiger partial charge in [0.2, 0.25) is 0 Å². The third kappa shape index (κ3) is 1.72. The molecule has 74 valence electrons. The van der Waals surface area contributed by atoms with E-state index in [9.17, 15) is 9.59 Å². The highest BCUT2D eigenvalue weighted by Gasteiger charge is 2.23. The van der Waals surface area contributed by atoms with Gasteiger partial charge >= 0.3 is 11.4 Å². The third-order valence-corrected chi connectivity index (χ3v) is 2.01. The van der Waals surface area contributed by atoms with Crippen LogP contribution in [-0.2, 0) is 5.54 Å². The van der Waals surface area contributed by atoms with Gasteiger partial charge < -0.3 is 5.11 Å². The number of hydrogen-bond acceptors (Lipinski definition) is 3. The van der Waals surface area contributed by atoms with E-state index in [-0.39, 0.29) is 6.61 Å². The second-order valence-electron chi connectivity index (χ2n) is 3.48. The van der Waals surface area contributed by atoms with Crippen molar-refractivity contribution in [3.8, 4) is 0 Å². The summed E-state index contributed by atoms with van der Waals surface area (Å²) in [5.41, 5.74) is -1.63. The van der Waals surface area contributed by atoms with Crippen LogP contribution in [0.4, 0.5) is 0 Å². The molecule has 0 aliphatic rings. The number of hydrogen-bond donors (Lipinski definition) is 3. The number of nitrogens with zero attached hydrogens (tertiary/aromatic N) is 1. The molecular formula is C7H13N3O3. The Labute approximate surface area is 74.2 Å². The summed E-state index contributed by atoms with van der Waals surface area (Å²) in [7, 11) is 0. The maximum atomic E-state index is 11.2. The van der Waals surface area contributed by atoms with Crippen LogP contribution in [-0.4, -0.2) is 26.5 Å². The van der Waals surface area contributed by atoms with E-state index in [1.54, 1.807) is 13.8 Å². The average molecular weight is 187 g/mol. The van der Waals surface area contributed by atoms with Crippen molar-refractivity contribution in [2.45, 2.75) is 25.8 Å². The molecule has 3 N–H and O–H groups in total. The van der Waals surface area contributed by atoms with Gasteiger partial charge in [0.05, 0.1) is 5.54 Å². The summed E-state index contributed by atoms with van der Waals surface area (Å²) < 4.78 is 1.06. The largest absolute Gasteiger partial charge is 0.396 e. The number of aromatic nitrogens is 3. The standard InChI is InChI=1S/C7H13N3O3/c1-7(2,3-4-11)10-5(12)8-9-6(10)13/h11H,3-4H2,1-2H3,(H,8,12)(H,9,13). The molecule has 0 fully saturated rings. The molecule has 0 aliphatic carbocycles. The number of aliphatic hydroxyl groups is 1. The molecule has 1 heterocycles. The number of nitrogens with one attached hydrogen (secondary N) is 2. The zero-order valence-electron chi connectivity index (χ0n) is 7.63. The first-order valence-corrected chi connectivity index (χ1v) is 4.00. The van der Waals surface area contributed by atoms with Crippen LogP contribution in [0.3, 0.4) is 0 Å². The first-order chi connectivity index (χ1) is 5.99. The lowest BCUT2D eigenvalue weighted by Crippen LogP contribution is -2.42. The van der Waals surface area contributed by atoms with Crippen molar-refractivity contribution in [2.24, 2.45) is 0 Å². The average Bonchev–Trinajstić information content (AvgIpc) is 2.31. The van der Waals surface area contributed by atoms with Crippen molar-refractivity contribution in [1.82, 2.24) is 14.8 Å². The fourth-order valence-electron chi connectivity index (χ4n) is 1.25. The molecule has 6 nitrogen and oxygen atoms in total. The van der Waals surface area contributed by atoms with Crippen molar-refractivity contribution >= 4 is 0 Å². The number of aromatic amines is 2. The van der Waals surface area contributed by atoms with E-state index in [1.807, 2.05) is 0 Å². The van der Waals surface area contributed by atoms with Gasteiger partial charge in [-0.25, -0.2) is 24.4 Å². The van der Waals surface area contributed by atoms with Crippen molar-refractivity contribution in [3.63, 3.8) is 0 Å². The Balaban J connectivity index is 3.20. The van der Waals surface area contributed by atoms with Gasteiger partial charge in [-0.05, 0) is 20.3 Å².